The molecule has 0 heterocycles. The third kappa shape index (κ3) is 9.94. The fraction of sp³-hybridized carbons (Fsp3) is 0.583. The van der Waals surface area contributed by atoms with Gasteiger partial charge in [0.2, 0.25) is 17.7 Å². The second-order valence-electron chi connectivity index (χ2n) is 4.90. The molecule has 24 heavy (non-hydrogen) atoms. The molecule has 0 fully saturated rings. The fourth-order valence-corrected chi connectivity index (χ4v) is 1.63. The van der Waals surface area contributed by atoms with Gasteiger partial charge in [0.15, 0.2) is 5.96 Å². The summed E-state index contributed by atoms with van der Waals surface area (Å²) in [6.07, 6.45) is 0.179. The van der Waals surface area contributed by atoms with Crippen LogP contribution in [0.2, 0.25) is 0 Å². The van der Waals surface area contributed by atoms with Crippen molar-refractivity contribution in [2.24, 2.45) is 27.9 Å². The van der Waals surface area contributed by atoms with Gasteiger partial charge in [-0.1, -0.05) is 0 Å². The van der Waals surface area contributed by atoms with Crippen LogP contribution in [0.25, 0.3) is 0 Å². The van der Waals surface area contributed by atoms with E-state index in [4.69, 9.17) is 28.0 Å². The number of rotatable bonds is 11. The number of guanidine groups is 1. The number of hydrogen-bond donors (Lipinski definition) is 7. The standard InChI is InChI=1S/C12H23N7O5/c13-6(2-1-3-17-12(15)16)10(23)19-7(4-8(14)20)11(24)18-5-9(21)22/h6-7H,1-5,13H2,(H2,14,20)(H,18,24)(H,19,23)(H,21,22)(H4,15,16,17). The normalized spacial score (nSPS) is 12.5. The summed E-state index contributed by atoms with van der Waals surface area (Å²) in [6, 6.07) is -2.26. The van der Waals surface area contributed by atoms with E-state index in [0.29, 0.717) is 6.42 Å². The van der Waals surface area contributed by atoms with E-state index >= 15 is 0 Å². The molecule has 0 spiro atoms. The highest BCUT2D eigenvalue weighted by atomic mass is 16.4. The van der Waals surface area contributed by atoms with Crippen LogP contribution >= 0.6 is 0 Å². The Balaban J connectivity index is 4.56. The number of amides is 3. The molecule has 0 aromatic carbocycles. The van der Waals surface area contributed by atoms with Crippen LogP contribution in [0, 0.1) is 0 Å². The molecule has 2 unspecified atom stereocenters. The van der Waals surface area contributed by atoms with Gasteiger partial charge >= 0.3 is 5.97 Å². The Kier molecular flexibility index (Phi) is 9.48. The fourth-order valence-electron chi connectivity index (χ4n) is 1.63. The molecule has 0 aliphatic heterocycles. The minimum absolute atomic E-state index is 0.0790. The Labute approximate surface area is 138 Å². The minimum atomic E-state index is -1.31. The number of carboxylic acid groups (broad SMARTS) is 1. The van der Waals surface area contributed by atoms with Crippen molar-refractivity contribution in [3.63, 3.8) is 0 Å². The summed E-state index contributed by atoms with van der Waals surface area (Å²) < 4.78 is 0. The molecule has 0 aliphatic rings. The summed E-state index contributed by atoms with van der Waals surface area (Å²) in [6.45, 7) is -0.373. The zero-order valence-corrected chi connectivity index (χ0v) is 13.0. The molecule has 0 saturated heterocycles. The number of carboxylic acids is 1. The topological polar surface area (TPSA) is 229 Å². The number of carbonyl (C=O) groups excluding carboxylic acids is 3. The summed E-state index contributed by atoms with van der Waals surface area (Å²) in [7, 11) is 0. The van der Waals surface area contributed by atoms with E-state index in [-0.39, 0.29) is 18.9 Å². The smallest absolute Gasteiger partial charge is 0.322 e. The van der Waals surface area contributed by atoms with E-state index in [0.717, 1.165) is 0 Å². The average Bonchev–Trinajstić information content (AvgIpc) is 2.47. The van der Waals surface area contributed by atoms with Crippen molar-refractivity contribution in [2.75, 3.05) is 13.1 Å². The van der Waals surface area contributed by atoms with Gasteiger partial charge in [-0.25, -0.2) is 0 Å². The molecule has 3 amide bonds. The molecule has 0 radical (unpaired) electrons. The zero-order chi connectivity index (χ0) is 18.7. The first-order chi connectivity index (χ1) is 11.1. The summed E-state index contributed by atoms with van der Waals surface area (Å²) in [5.74, 6) is -3.73. The summed E-state index contributed by atoms with van der Waals surface area (Å²) in [5, 5.41) is 12.8. The van der Waals surface area contributed by atoms with E-state index in [1.165, 1.54) is 0 Å². The van der Waals surface area contributed by atoms with Crippen LogP contribution in [0.1, 0.15) is 19.3 Å². The van der Waals surface area contributed by atoms with Crippen molar-refractivity contribution >= 4 is 29.7 Å². The predicted octanol–water partition coefficient (Wildman–Crippen LogP) is -4.07. The maximum Gasteiger partial charge on any atom is 0.322 e. The Morgan fingerprint density at radius 1 is 1.08 bits per heavy atom. The Morgan fingerprint density at radius 3 is 2.21 bits per heavy atom. The molecule has 136 valence electrons. The third-order valence-corrected chi connectivity index (χ3v) is 2.76. The van der Waals surface area contributed by atoms with E-state index in [9.17, 15) is 19.2 Å². The number of nitrogens with one attached hydrogen (secondary N) is 2. The molecule has 0 bridgehead atoms. The second kappa shape index (κ2) is 10.8. The number of carbonyl (C=O) groups is 4. The first-order valence-corrected chi connectivity index (χ1v) is 7.02. The van der Waals surface area contributed by atoms with Crippen molar-refractivity contribution < 1.29 is 24.3 Å². The average molecular weight is 345 g/mol. The molecule has 0 rings (SSSR count). The van der Waals surface area contributed by atoms with Crippen LogP contribution in [-0.2, 0) is 19.2 Å². The Morgan fingerprint density at radius 2 is 1.71 bits per heavy atom. The van der Waals surface area contributed by atoms with Gasteiger partial charge in [0.25, 0.3) is 0 Å². The van der Waals surface area contributed by atoms with Crippen molar-refractivity contribution in [3.05, 3.63) is 0 Å². The Bertz CT molecular complexity index is 504. The van der Waals surface area contributed by atoms with Crippen molar-refractivity contribution in [3.8, 4) is 0 Å². The van der Waals surface area contributed by atoms with Crippen LogP contribution in [0.3, 0.4) is 0 Å². The van der Waals surface area contributed by atoms with Crippen LogP contribution < -0.4 is 33.6 Å². The lowest BCUT2D eigenvalue weighted by Crippen LogP contribution is -2.53. The molecule has 0 aliphatic carbocycles. The molecule has 11 N–H and O–H groups in total. The van der Waals surface area contributed by atoms with Crippen LogP contribution in [-0.4, -0.2) is 59.9 Å². The molecule has 2 atom stereocenters. The van der Waals surface area contributed by atoms with Gasteiger partial charge in [0.05, 0.1) is 12.5 Å². The molecule has 12 heteroatoms. The van der Waals surface area contributed by atoms with Crippen molar-refractivity contribution in [1.82, 2.24) is 10.6 Å². The second-order valence-corrected chi connectivity index (χ2v) is 4.90. The van der Waals surface area contributed by atoms with Crippen LogP contribution in [0.4, 0.5) is 0 Å². The number of nitrogens with zero attached hydrogens (tertiary/aromatic N) is 1. The van der Waals surface area contributed by atoms with E-state index < -0.39 is 48.7 Å². The van der Waals surface area contributed by atoms with Gasteiger partial charge in [0, 0.05) is 6.54 Å². The number of aliphatic imine (C=N–C) groups is 1. The van der Waals surface area contributed by atoms with Gasteiger partial charge in [-0.15, -0.1) is 0 Å². The lowest BCUT2D eigenvalue weighted by molar-refractivity contribution is -0.138. The highest BCUT2D eigenvalue weighted by Crippen LogP contribution is 1.99. The van der Waals surface area contributed by atoms with Gasteiger partial charge in [0.1, 0.15) is 12.6 Å². The maximum atomic E-state index is 11.9. The predicted molar refractivity (Wildman–Crippen MR) is 84.3 cm³/mol. The lowest BCUT2D eigenvalue weighted by Gasteiger charge is -2.19. The van der Waals surface area contributed by atoms with Gasteiger partial charge in [-0.2, -0.15) is 0 Å². The quantitative estimate of drug-likeness (QED) is 0.110. The monoisotopic (exact) mass is 345 g/mol. The van der Waals surface area contributed by atoms with E-state index in [1.54, 1.807) is 0 Å². The van der Waals surface area contributed by atoms with E-state index in [2.05, 4.69) is 10.3 Å². The van der Waals surface area contributed by atoms with Crippen molar-refractivity contribution in [1.29, 1.82) is 0 Å². The van der Waals surface area contributed by atoms with Gasteiger partial charge < -0.3 is 38.7 Å². The number of primary amides is 1. The van der Waals surface area contributed by atoms with Crippen LogP contribution in [0.15, 0.2) is 4.99 Å². The Hall–Kier alpha value is -2.89. The molecule has 12 nitrogen and oxygen atoms in total. The molecular weight excluding hydrogens is 322 g/mol. The summed E-state index contributed by atoms with van der Waals surface area (Å²) in [4.78, 5) is 48.9. The molecule has 0 aromatic heterocycles. The minimum Gasteiger partial charge on any atom is -0.480 e. The van der Waals surface area contributed by atoms with Gasteiger partial charge in [-0.05, 0) is 12.8 Å². The van der Waals surface area contributed by atoms with Crippen LogP contribution in [0.5, 0.6) is 0 Å². The molecule has 0 saturated carbocycles. The highest BCUT2D eigenvalue weighted by molar-refractivity contribution is 5.93. The van der Waals surface area contributed by atoms with E-state index in [1.807, 2.05) is 5.32 Å². The first kappa shape index (κ1) is 21.1. The van der Waals surface area contributed by atoms with Gasteiger partial charge in [-0.3, -0.25) is 24.2 Å². The summed E-state index contributed by atoms with van der Waals surface area (Å²) >= 11 is 0. The molecule has 0 aromatic rings. The lowest BCUT2D eigenvalue weighted by atomic mass is 10.1. The largest absolute Gasteiger partial charge is 0.480 e. The SMILES string of the molecule is NC(=O)CC(NC(=O)C(N)CCCN=C(N)N)C(=O)NCC(=O)O. The van der Waals surface area contributed by atoms with Crippen molar-refractivity contribution in [2.45, 2.75) is 31.3 Å². The maximum absolute atomic E-state index is 11.9. The highest BCUT2D eigenvalue weighted by Gasteiger charge is 2.25. The zero-order valence-electron chi connectivity index (χ0n) is 13.0. The first-order valence-electron chi connectivity index (χ1n) is 7.02. The number of aliphatic carboxylic acids is 1. The summed E-state index contributed by atoms with van der Waals surface area (Å²) in [5.41, 5.74) is 21.0. The number of hydrogen-bond acceptors (Lipinski definition) is 6. The number of nitrogens with two attached hydrogens (primary N) is 4. The third-order valence-electron chi connectivity index (χ3n) is 2.76. The molecular formula is C12H23N7O5.